The lowest BCUT2D eigenvalue weighted by atomic mass is 10.0. The molecule has 0 saturated carbocycles. The summed E-state index contributed by atoms with van der Waals surface area (Å²) in [5.74, 6) is 3.81. The van der Waals surface area contributed by atoms with Crippen LogP contribution in [0.1, 0.15) is 37.0 Å². The lowest BCUT2D eigenvalue weighted by molar-refractivity contribution is -0.385. The molecule has 1 aromatic carbocycles. The van der Waals surface area contributed by atoms with Gasteiger partial charge in [-0.1, -0.05) is 0 Å². The second kappa shape index (κ2) is 5.28. The molecule has 7 nitrogen and oxygen atoms in total. The van der Waals surface area contributed by atoms with Gasteiger partial charge in [0, 0.05) is 12.1 Å². The summed E-state index contributed by atoms with van der Waals surface area (Å²) in [6.45, 7) is 4.32. The van der Waals surface area contributed by atoms with Crippen molar-refractivity contribution in [3.63, 3.8) is 0 Å². The summed E-state index contributed by atoms with van der Waals surface area (Å²) in [6.07, 6.45) is 1.64. The van der Waals surface area contributed by atoms with Crippen LogP contribution in [0.4, 0.5) is 15.8 Å². The molecule has 1 heterocycles. The van der Waals surface area contributed by atoms with Gasteiger partial charge in [0.1, 0.15) is 5.56 Å². The van der Waals surface area contributed by atoms with Gasteiger partial charge in [-0.25, -0.2) is 4.39 Å². The van der Waals surface area contributed by atoms with Crippen LogP contribution in [0.5, 0.6) is 0 Å². The quantitative estimate of drug-likeness (QED) is 0.505. The highest BCUT2D eigenvalue weighted by molar-refractivity contribution is 5.99. The maximum absolute atomic E-state index is 13.6. The van der Waals surface area contributed by atoms with Gasteiger partial charge in [0.05, 0.1) is 16.7 Å². The third-order valence-electron chi connectivity index (χ3n) is 3.81. The number of anilines is 1. The third kappa shape index (κ3) is 2.66. The number of nitrogens with two attached hydrogens (primary N) is 1. The fourth-order valence-corrected chi connectivity index (χ4v) is 2.62. The predicted molar refractivity (Wildman–Crippen MR) is 75.2 cm³/mol. The molecule has 3 N–H and O–H groups in total. The molecule has 114 valence electrons. The first-order valence-electron chi connectivity index (χ1n) is 6.54. The monoisotopic (exact) mass is 296 g/mol. The van der Waals surface area contributed by atoms with E-state index in [1.165, 1.54) is 0 Å². The number of carbonyl (C=O) groups is 1. The maximum atomic E-state index is 13.6. The van der Waals surface area contributed by atoms with Crippen molar-refractivity contribution < 1.29 is 14.1 Å². The van der Waals surface area contributed by atoms with Crippen molar-refractivity contribution in [1.29, 1.82) is 0 Å². The Labute approximate surface area is 121 Å². The van der Waals surface area contributed by atoms with E-state index in [4.69, 9.17) is 5.84 Å². The fraction of sp³-hybridized carbons (Fsp3) is 0.462. The van der Waals surface area contributed by atoms with E-state index in [2.05, 4.69) is 5.43 Å². The zero-order chi connectivity index (χ0) is 15.8. The highest BCUT2D eigenvalue weighted by Crippen LogP contribution is 2.33. The zero-order valence-corrected chi connectivity index (χ0v) is 11.9. The smallest absolute Gasteiger partial charge is 0.285 e. The standard InChI is InChI=1S/C13H17FN4O3/c1-13(2)4-3-5-17(13)12(19)8-6-10(16-15)9(14)7-11(8)18(20)21/h6-7,16H,3-5,15H2,1-2H3. The molecule has 1 aliphatic heterocycles. The van der Waals surface area contributed by atoms with Gasteiger partial charge in [-0.3, -0.25) is 20.8 Å². The van der Waals surface area contributed by atoms with Crippen LogP contribution in [-0.2, 0) is 0 Å². The lowest BCUT2D eigenvalue weighted by Crippen LogP contribution is -2.42. The average molecular weight is 296 g/mol. The van der Waals surface area contributed by atoms with Gasteiger partial charge in [0.15, 0.2) is 5.82 Å². The highest BCUT2D eigenvalue weighted by atomic mass is 19.1. The van der Waals surface area contributed by atoms with Crippen LogP contribution >= 0.6 is 0 Å². The molecule has 1 fully saturated rings. The molecule has 1 amide bonds. The SMILES string of the molecule is CC1(C)CCCN1C(=O)c1cc(NN)c(F)cc1[N+](=O)[O-]. The number of hydrogen-bond donors (Lipinski definition) is 2. The fourth-order valence-electron chi connectivity index (χ4n) is 2.62. The van der Waals surface area contributed by atoms with E-state index in [1.807, 2.05) is 13.8 Å². The van der Waals surface area contributed by atoms with Gasteiger partial charge >= 0.3 is 0 Å². The van der Waals surface area contributed by atoms with Gasteiger partial charge in [-0.15, -0.1) is 0 Å². The number of amides is 1. The van der Waals surface area contributed by atoms with E-state index >= 15 is 0 Å². The van der Waals surface area contributed by atoms with Crippen molar-refractivity contribution >= 4 is 17.3 Å². The molecule has 1 aliphatic rings. The lowest BCUT2D eigenvalue weighted by Gasteiger charge is -2.31. The van der Waals surface area contributed by atoms with E-state index in [0.717, 1.165) is 18.9 Å². The number of nitro benzene ring substituents is 1. The van der Waals surface area contributed by atoms with E-state index in [9.17, 15) is 19.3 Å². The molecule has 0 spiro atoms. The Morgan fingerprint density at radius 1 is 1.52 bits per heavy atom. The van der Waals surface area contributed by atoms with Gasteiger partial charge in [-0.05, 0) is 32.8 Å². The molecule has 0 aromatic heterocycles. The van der Waals surface area contributed by atoms with Crippen LogP contribution in [-0.4, -0.2) is 27.8 Å². The number of rotatable bonds is 3. The Bertz CT molecular complexity index is 603. The molecule has 0 aliphatic carbocycles. The average Bonchev–Trinajstić information content (AvgIpc) is 2.77. The summed E-state index contributed by atoms with van der Waals surface area (Å²) in [6, 6.07) is 1.80. The number of hydrazine groups is 1. The van der Waals surface area contributed by atoms with Gasteiger partial charge in [0.2, 0.25) is 0 Å². The molecule has 0 unspecified atom stereocenters. The summed E-state index contributed by atoms with van der Waals surface area (Å²) in [4.78, 5) is 24.5. The number of likely N-dealkylation sites (tertiary alicyclic amines) is 1. The van der Waals surface area contributed by atoms with Gasteiger partial charge < -0.3 is 10.3 Å². The molecular weight excluding hydrogens is 279 g/mol. The summed E-state index contributed by atoms with van der Waals surface area (Å²) >= 11 is 0. The minimum absolute atomic E-state index is 0.152. The largest absolute Gasteiger partial charge is 0.333 e. The number of nitrogens with zero attached hydrogens (tertiary/aromatic N) is 2. The van der Waals surface area contributed by atoms with Crippen molar-refractivity contribution in [2.75, 3.05) is 12.0 Å². The number of hydrogen-bond acceptors (Lipinski definition) is 5. The first kappa shape index (κ1) is 15.2. The van der Waals surface area contributed by atoms with E-state index in [1.54, 1.807) is 4.90 Å². The number of carbonyl (C=O) groups excluding carboxylic acids is 1. The van der Waals surface area contributed by atoms with E-state index in [-0.39, 0.29) is 16.8 Å². The number of benzene rings is 1. The first-order valence-corrected chi connectivity index (χ1v) is 6.54. The third-order valence-corrected chi connectivity index (χ3v) is 3.81. The van der Waals surface area contributed by atoms with Crippen LogP contribution in [0.2, 0.25) is 0 Å². The second-order valence-electron chi connectivity index (χ2n) is 5.62. The van der Waals surface area contributed by atoms with Crippen molar-refractivity contribution in [3.05, 3.63) is 33.6 Å². The van der Waals surface area contributed by atoms with Crippen LogP contribution in [0.3, 0.4) is 0 Å². The number of halogens is 1. The first-order chi connectivity index (χ1) is 9.77. The molecule has 0 radical (unpaired) electrons. The summed E-state index contributed by atoms with van der Waals surface area (Å²) in [5, 5.41) is 11.1. The van der Waals surface area contributed by atoms with Crippen LogP contribution in [0, 0.1) is 15.9 Å². The minimum Gasteiger partial charge on any atom is -0.333 e. The zero-order valence-electron chi connectivity index (χ0n) is 11.9. The van der Waals surface area contributed by atoms with E-state index < -0.39 is 22.3 Å². The Hall–Kier alpha value is -2.22. The molecule has 8 heteroatoms. The van der Waals surface area contributed by atoms with Crippen molar-refractivity contribution in [3.8, 4) is 0 Å². The Kier molecular flexibility index (Phi) is 3.82. The molecule has 1 saturated heterocycles. The van der Waals surface area contributed by atoms with Crippen molar-refractivity contribution in [1.82, 2.24) is 4.90 Å². The summed E-state index contributed by atoms with van der Waals surface area (Å²) in [7, 11) is 0. The van der Waals surface area contributed by atoms with Crippen molar-refractivity contribution in [2.24, 2.45) is 5.84 Å². The van der Waals surface area contributed by atoms with E-state index in [0.29, 0.717) is 12.6 Å². The molecule has 2 rings (SSSR count). The Morgan fingerprint density at radius 3 is 2.67 bits per heavy atom. The summed E-state index contributed by atoms with van der Waals surface area (Å²) < 4.78 is 13.6. The highest BCUT2D eigenvalue weighted by Gasteiger charge is 2.38. The Balaban J connectivity index is 2.51. The topological polar surface area (TPSA) is 102 Å². The molecule has 1 aromatic rings. The minimum atomic E-state index is -0.874. The summed E-state index contributed by atoms with van der Waals surface area (Å²) in [5.41, 5.74) is 0.849. The molecule has 21 heavy (non-hydrogen) atoms. The van der Waals surface area contributed by atoms with Crippen LogP contribution in [0.25, 0.3) is 0 Å². The second-order valence-corrected chi connectivity index (χ2v) is 5.62. The maximum Gasteiger partial charge on any atom is 0.285 e. The number of nitrogen functional groups attached to an aromatic ring is 1. The Morgan fingerprint density at radius 2 is 2.19 bits per heavy atom. The van der Waals surface area contributed by atoms with Gasteiger partial charge in [-0.2, -0.15) is 0 Å². The van der Waals surface area contributed by atoms with Gasteiger partial charge in [0.25, 0.3) is 11.6 Å². The van der Waals surface area contributed by atoms with Crippen LogP contribution in [0.15, 0.2) is 12.1 Å². The molecule has 0 bridgehead atoms. The number of nitrogens with one attached hydrogen (secondary N) is 1. The van der Waals surface area contributed by atoms with Crippen LogP contribution < -0.4 is 11.3 Å². The molecule has 0 atom stereocenters. The molecular formula is C13H17FN4O3. The number of nitro groups is 1. The predicted octanol–water partition coefficient (Wildman–Crippen LogP) is 2.03. The normalized spacial score (nSPS) is 16.9. The van der Waals surface area contributed by atoms with Crippen molar-refractivity contribution in [2.45, 2.75) is 32.2 Å².